The van der Waals surface area contributed by atoms with Crippen LogP contribution in [0, 0.1) is 0 Å². The van der Waals surface area contributed by atoms with E-state index in [0.29, 0.717) is 0 Å². The van der Waals surface area contributed by atoms with E-state index in [-0.39, 0.29) is 18.6 Å². The van der Waals surface area contributed by atoms with Crippen LogP contribution in [0.15, 0.2) is 188 Å². The van der Waals surface area contributed by atoms with Crippen LogP contribution in [0.2, 0.25) is 5.82 Å². The molecule has 0 fully saturated rings. The van der Waals surface area contributed by atoms with Crippen molar-refractivity contribution in [3.05, 3.63) is 188 Å². The van der Waals surface area contributed by atoms with Crippen LogP contribution in [0.3, 0.4) is 0 Å². The molecule has 0 saturated carbocycles. The van der Waals surface area contributed by atoms with Gasteiger partial charge in [-0.1, -0.05) is 140 Å². The Balaban J connectivity index is 1.24. The van der Waals surface area contributed by atoms with Gasteiger partial charge in [-0.2, -0.15) is 0 Å². The Morgan fingerprint density at radius 3 is 1.71 bits per heavy atom. The van der Waals surface area contributed by atoms with Crippen LogP contribution < -0.4 is 20.7 Å². The Morgan fingerprint density at radius 1 is 0.412 bits per heavy atom. The first-order valence-corrected chi connectivity index (χ1v) is 18.0. The summed E-state index contributed by atoms with van der Waals surface area (Å²) in [6, 6.07) is 60.9. The van der Waals surface area contributed by atoms with E-state index in [9.17, 15) is 0 Å². The summed E-state index contributed by atoms with van der Waals surface area (Å²) >= 11 is 0. The molecule has 0 aromatic heterocycles. The first kappa shape index (κ1) is 28.5. The van der Waals surface area contributed by atoms with Gasteiger partial charge in [-0.05, 0) is 109 Å². The van der Waals surface area contributed by atoms with E-state index in [4.69, 9.17) is 0 Å². The Kier molecular flexibility index (Phi) is 6.21. The van der Waals surface area contributed by atoms with Crippen molar-refractivity contribution in [1.29, 1.82) is 0 Å². The molecule has 0 bridgehead atoms. The second-order valence-electron chi connectivity index (χ2n) is 14.0. The van der Waals surface area contributed by atoms with Gasteiger partial charge in [-0.3, -0.25) is 0 Å². The summed E-state index contributed by atoms with van der Waals surface area (Å²) in [5.74, 6) is 0.284. The second kappa shape index (κ2) is 11.1. The molecule has 0 N–H and O–H groups in total. The number of anilines is 5. The number of allylic oxidation sites excluding steroid dienone is 2. The van der Waals surface area contributed by atoms with Crippen molar-refractivity contribution in [2.24, 2.45) is 0 Å². The van der Waals surface area contributed by atoms with Crippen LogP contribution in [0.1, 0.15) is 0 Å². The predicted molar refractivity (Wildman–Crippen MR) is 218 cm³/mol. The van der Waals surface area contributed by atoms with Crippen LogP contribution in [0.4, 0.5) is 28.4 Å². The quantitative estimate of drug-likeness (QED) is 0.139. The fraction of sp³-hybridized carbons (Fsp3) is 0.0417. The zero-order valence-electron chi connectivity index (χ0n) is 28.0. The lowest BCUT2D eigenvalue weighted by Gasteiger charge is -2.50. The van der Waals surface area contributed by atoms with Crippen molar-refractivity contribution >= 4 is 78.4 Å². The van der Waals surface area contributed by atoms with Gasteiger partial charge in [0, 0.05) is 28.4 Å². The SMILES string of the molecule is C1=CC2B3c4ccccc4N(c4ccccc4)c4cc(-c5ccc6c7ccccc7c7ccccc7c6c5)cc(c43)N(c3ccccc3)C2C=C1. The van der Waals surface area contributed by atoms with E-state index in [1.165, 1.54) is 82.8 Å². The summed E-state index contributed by atoms with van der Waals surface area (Å²) in [5.41, 5.74) is 11.4. The minimum atomic E-state index is 0.182. The lowest BCUT2D eigenvalue weighted by molar-refractivity contribution is 0.766. The third kappa shape index (κ3) is 4.18. The van der Waals surface area contributed by atoms with Crippen LogP contribution in [-0.4, -0.2) is 12.8 Å². The molecule has 238 valence electrons. The zero-order valence-corrected chi connectivity index (χ0v) is 28.0. The summed E-state index contributed by atoms with van der Waals surface area (Å²) in [4.78, 5) is 5.11. The molecule has 8 aromatic carbocycles. The number of rotatable bonds is 3. The van der Waals surface area contributed by atoms with E-state index in [2.05, 4.69) is 198 Å². The maximum atomic E-state index is 2.60. The van der Waals surface area contributed by atoms with Gasteiger partial charge in [0.05, 0.1) is 6.04 Å². The number of para-hydroxylation sites is 3. The summed E-state index contributed by atoms with van der Waals surface area (Å²) in [7, 11) is 0. The number of hydrogen-bond acceptors (Lipinski definition) is 2. The van der Waals surface area contributed by atoms with E-state index >= 15 is 0 Å². The van der Waals surface area contributed by atoms with Crippen LogP contribution in [-0.2, 0) is 0 Å². The van der Waals surface area contributed by atoms with Crippen molar-refractivity contribution in [3.8, 4) is 11.1 Å². The predicted octanol–water partition coefficient (Wildman–Crippen LogP) is 11.2. The molecule has 2 atom stereocenters. The van der Waals surface area contributed by atoms with E-state index < -0.39 is 0 Å². The van der Waals surface area contributed by atoms with Gasteiger partial charge in [0.2, 0.25) is 6.71 Å². The van der Waals surface area contributed by atoms with Gasteiger partial charge in [0.15, 0.2) is 0 Å². The van der Waals surface area contributed by atoms with Gasteiger partial charge in [-0.25, -0.2) is 0 Å². The van der Waals surface area contributed by atoms with Gasteiger partial charge >= 0.3 is 0 Å². The molecule has 0 radical (unpaired) electrons. The minimum absolute atomic E-state index is 0.182. The lowest BCUT2D eigenvalue weighted by atomic mass is 9.29. The highest BCUT2D eigenvalue weighted by Crippen LogP contribution is 2.49. The second-order valence-corrected chi connectivity index (χ2v) is 14.0. The van der Waals surface area contributed by atoms with Crippen molar-refractivity contribution in [1.82, 2.24) is 0 Å². The first-order chi connectivity index (χ1) is 25.3. The molecule has 0 saturated heterocycles. The number of nitrogens with zero attached hydrogens (tertiary/aromatic N) is 2. The number of benzene rings is 8. The molecule has 0 amide bonds. The Bertz CT molecular complexity index is 2700. The fourth-order valence-electron chi connectivity index (χ4n) is 9.31. The maximum absolute atomic E-state index is 2.60. The number of hydrogen-bond donors (Lipinski definition) is 0. The Hall–Kier alpha value is -6.32. The topological polar surface area (TPSA) is 6.48 Å². The van der Waals surface area contributed by atoms with Crippen molar-refractivity contribution in [3.63, 3.8) is 0 Å². The third-order valence-electron chi connectivity index (χ3n) is 11.4. The monoisotopic (exact) mass is 648 g/mol. The highest BCUT2D eigenvalue weighted by Gasteiger charge is 2.48. The highest BCUT2D eigenvalue weighted by molar-refractivity contribution is 6.91. The molecule has 3 heteroatoms. The summed E-state index contributed by atoms with van der Waals surface area (Å²) in [6.07, 6.45) is 9.33. The minimum Gasteiger partial charge on any atom is -0.335 e. The molecule has 51 heavy (non-hydrogen) atoms. The molecule has 2 aliphatic heterocycles. The molecule has 11 rings (SSSR count). The Morgan fingerprint density at radius 2 is 0.980 bits per heavy atom. The molecular formula is C48H33BN2. The standard InChI is InChI=1S/C48H33BN2/c1-3-15-34(16-4-1)50-44-25-13-11-23-42(44)49-43-24-12-14-26-45(43)51(35-17-5-2-6-18-35)47-31-33(30-46(50)48(47)49)32-27-28-40-38-21-8-7-19-36(38)37-20-9-10-22-39(37)41(40)29-32/h1-31,42,44H. The molecule has 2 heterocycles. The van der Waals surface area contributed by atoms with E-state index in [0.717, 1.165) is 0 Å². The summed E-state index contributed by atoms with van der Waals surface area (Å²) in [5, 5.41) is 7.77. The largest absolute Gasteiger partial charge is 0.335 e. The number of fused-ring (bicyclic) bond motifs is 10. The van der Waals surface area contributed by atoms with Gasteiger partial charge < -0.3 is 9.80 Å². The molecule has 2 unspecified atom stereocenters. The average molecular weight is 649 g/mol. The van der Waals surface area contributed by atoms with Crippen LogP contribution in [0.25, 0.3) is 43.4 Å². The Labute approximate surface area is 298 Å². The van der Waals surface area contributed by atoms with Crippen LogP contribution >= 0.6 is 0 Å². The van der Waals surface area contributed by atoms with Crippen LogP contribution in [0.5, 0.6) is 0 Å². The third-order valence-corrected chi connectivity index (χ3v) is 11.4. The first-order valence-electron chi connectivity index (χ1n) is 18.0. The smallest absolute Gasteiger partial charge is 0.226 e. The molecule has 0 spiro atoms. The van der Waals surface area contributed by atoms with Gasteiger partial charge in [-0.15, -0.1) is 0 Å². The van der Waals surface area contributed by atoms with Gasteiger partial charge in [0.1, 0.15) is 0 Å². The highest BCUT2D eigenvalue weighted by atomic mass is 15.2. The van der Waals surface area contributed by atoms with E-state index in [1.54, 1.807) is 0 Å². The molecule has 1 aliphatic carbocycles. The van der Waals surface area contributed by atoms with Crippen molar-refractivity contribution in [2.45, 2.75) is 11.9 Å². The molecule has 8 aromatic rings. The molecule has 2 nitrogen and oxygen atoms in total. The maximum Gasteiger partial charge on any atom is 0.226 e. The van der Waals surface area contributed by atoms with E-state index in [1.807, 2.05) is 0 Å². The lowest BCUT2D eigenvalue weighted by Crippen LogP contribution is -2.61. The molecular weight excluding hydrogens is 615 g/mol. The summed E-state index contributed by atoms with van der Waals surface area (Å²) in [6.45, 7) is 0.221. The van der Waals surface area contributed by atoms with Crippen molar-refractivity contribution < 1.29 is 0 Å². The molecule has 3 aliphatic rings. The van der Waals surface area contributed by atoms with Crippen molar-refractivity contribution in [2.75, 3.05) is 9.80 Å². The average Bonchev–Trinajstić information content (AvgIpc) is 3.21. The normalized spacial score (nSPS) is 17.1. The summed E-state index contributed by atoms with van der Waals surface area (Å²) < 4.78 is 0. The zero-order chi connectivity index (χ0) is 33.5. The fourth-order valence-corrected chi connectivity index (χ4v) is 9.31. The van der Waals surface area contributed by atoms with Gasteiger partial charge in [0.25, 0.3) is 0 Å².